The van der Waals surface area contributed by atoms with Gasteiger partial charge in [0.05, 0.1) is 12.4 Å². The highest BCUT2D eigenvalue weighted by Gasteiger charge is 2.48. The molecular weight excluding hydrogens is 196 g/mol. The standard InChI is InChI=1S/C11H16O4/c1-6-9(13)3-8-7(4-12)5-15-11(14-2)10(6)8/h4-6,8-11,13H,3H2,1-2H3/t6-,8+,9-,10+,11+/m0/s1. The van der Waals surface area contributed by atoms with Crippen molar-refractivity contribution in [3.05, 3.63) is 11.8 Å². The quantitative estimate of drug-likeness (QED) is 0.685. The molecule has 1 fully saturated rings. The highest BCUT2D eigenvalue weighted by molar-refractivity contribution is 5.74. The van der Waals surface area contributed by atoms with E-state index in [0.717, 1.165) is 6.29 Å². The number of fused-ring (bicyclic) bond motifs is 1. The topological polar surface area (TPSA) is 55.8 Å². The Kier molecular flexibility index (Phi) is 2.80. The van der Waals surface area contributed by atoms with Crippen LogP contribution in [0.1, 0.15) is 13.3 Å². The van der Waals surface area contributed by atoms with Crippen LogP contribution in [0.15, 0.2) is 11.8 Å². The van der Waals surface area contributed by atoms with Gasteiger partial charge >= 0.3 is 0 Å². The Balaban J connectivity index is 2.28. The Bertz CT molecular complexity index is 286. The number of hydrogen-bond donors (Lipinski definition) is 1. The second kappa shape index (κ2) is 3.94. The van der Waals surface area contributed by atoms with Gasteiger partial charge in [-0.3, -0.25) is 4.79 Å². The SMILES string of the molecule is CO[C@@H]1OC=C(C=O)[C@H]2C[C@H](O)[C@H](C)[C@@H]12. The van der Waals surface area contributed by atoms with Crippen LogP contribution in [-0.2, 0) is 14.3 Å². The van der Waals surface area contributed by atoms with Crippen LogP contribution < -0.4 is 0 Å². The minimum absolute atomic E-state index is 0.0752. The molecule has 1 saturated carbocycles. The molecule has 1 aliphatic heterocycles. The van der Waals surface area contributed by atoms with Crippen molar-refractivity contribution in [2.45, 2.75) is 25.7 Å². The van der Waals surface area contributed by atoms with Crippen LogP contribution in [0.2, 0.25) is 0 Å². The van der Waals surface area contributed by atoms with Crippen molar-refractivity contribution >= 4 is 6.29 Å². The summed E-state index contributed by atoms with van der Waals surface area (Å²) in [5, 5.41) is 9.80. The van der Waals surface area contributed by atoms with Gasteiger partial charge in [0.15, 0.2) is 0 Å². The van der Waals surface area contributed by atoms with Gasteiger partial charge in [0.2, 0.25) is 6.29 Å². The highest BCUT2D eigenvalue weighted by atomic mass is 16.7. The fourth-order valence-electron chi connectivity index (χ4n) is 2.70. The number of carbonyl (C=O) groups excluding carboxylic acids is 1. The summed E-state index contributed by atoms with van der Waals surface area (Å²) in [6, 6.07) is 0. The number of aldehydes is 1. The Morgan fingerprint density at radius 2 is 2.40 bits per heavy atom. The first-order valence-electron chi connectivity index (χ1n) is 5.20. The van der Waals surface area contributed by atoms with Gasteiger partial charge in [0.25, 0.3) is 0 Å². The molecule has 0 aromatic rings. The number of aliphatic hydroxyl groups excluding tert-OH is 1. The third-order valence-electron chi connectivity index (χ3n) is 3.62. The van der Waals surface area contributed by atoms with Gasteiger partial charge < -0.3 is 14.6 Å². The van der Waals surface area contributed by atoms with Gasteiger partial charge in [-0.05, 0) is 12.3 Å². The maximum atomic E-state index is 10.8. The lowest BCUT2D eigenvalue weighted by molar-refractivity contribution is -0.148. The first-order chi connectivity index (χ1) is 7.19. The van der Waals surface area contributed by atoms with Crippen LogP contribution in [0.4, 0.5) is 0 Å². The molecule has 0 unspecified atom stereocenters. The van der Waals surface area contributed by atoms with Gasteiger partial charge in [-0.2, -0.15) is 0 Å². The number of rotatable bonds is 2. The average molecular weight is 212 g/mol. The van der Waals surface area contributed by atoms with Crippen LogP contribution in [0.3, 0.4) is 0 Å². The van der Waals surface area contributed by atoms with Crippen LogP contribution >= 0.6 is 0 Å². The van der Waals surface area contributed by atoms with Gasteiger partial charge in [-0.25, -0.2) is 0 Å². The van der Waals surface area contributed by atoms with E-state index < -0.39 is 0 Å². The zero-order valence-corrected chi connectivity index (χ0v) is 8.92. The molecule has 1 heterocycles. The van der Waals surface area contributed by atoms with Crippen LogP contribution in [0.5, 0.6) is 0 Å². The van der Waals surface area contributed by atoms with E-state index in [1.807, 2.05) is 6.92 Å². The highest BCUT2D eigenvalue weighted by Crippen LogP contribution is 2.45. The molecule has 0 saturated heterocycles. The molecule has 1 N–H and O–H groups in total. The number of ether oxygens (including phenoxy) is 2. The van der Waals surface area contributed by atoms with E-state index in [1.54, 1.807) is 7.11 Å². The van der Waals surface area contributed by atoms with E-state index in [0.29, 0.717) is 12.0 Å². The van der Waals surface area contributed by atoms with Gasteiger partial charge in [0, 0.05) is 24.5 Å². The second-order valence-electron chi connectivity index (χ2n) is 4.32. The van der Waals surface area contributed by atoms with E-state index in [9.17, 15) is 9.90 Å². The van der Waals surface area contributed by atoms with Crippen LogP contribution in [0.25, 0.3) is 0 Å². The van der Waals surface area contributed by atoms with Crippen molar-refractivity contribution in [1.29, 1.82) is 0 Å². The Morgan fingerprint density at radius 3 is 3.00 bits per heavy atom. The van der Waals surface area contributed by atoms with E-state index in [1.165, 1.54) is 6.26 Å². The number of aliphatic hydroxyl groups is 1. The smallest absolute Gasteiger partial charge is 0.202 e. The summed E-state index contributed by atoms with van der Waals surface area (Å²) in [6.45, 7) is 1.97. The van der Waals surface area contributed by atoms with E-state index in [4.69, 9.17) is 9.47 Å². The first-order valence-corrected chi connectivity index (χ1v) is 5.20. The molecule has 2 rings (SSSR count). The maximum Gasteiger partial charge on any atom is 0.202 e. The molecule has 0 radical (unpaired) electrons. The Labute approximate surface area is 88.9 Å². The molecule has 84 valence electrons. The monoisotopic (exact) mass is 212 g/mol. The Hall–Kier alpha value is -0.870. The minimum atomic E-state index is -0.373. The normalized spacial score (nSPS) is 44.2. The first kappa shape index (κ1) is 10.6. The van der Waals surface area contributed by atoms with Gasteiger partial charge in [0.1, 0.15) is 6.29 Å². The molecule has 0 spiro atoms. The van der Waals surface area contributed by atoms with Gasteiger partial charge in [-0.1, -0.05) is 6.92 Å². The molecule has 15 heavy (non-hydrogen) atoms. The lowest BCUT2D eigenvalue weighted by atomic mass is 9.84. The molecule has 0 aromatic carbocycles. The molecular formula is C11H16O4. The van der Waals surface area contributed by atoms with Crippen molar-refractivity contribution in [3.63, 3.8) is 0 Å². The van der Waals surface area contributed by atoms with E-state index >= 15 is 0 Å². The van der Waals surface area contributed by atoms with Crippen molar-refractivity contribution in [2.75, 3.05) is 7.11 Å². The van der Waals surface area contributed by atoms with Crippen LogP contribution in [-0.4, -0.2) is 30.9 Å². The summed E-state index contributed by atoms with van der Waals surface area (Å²) in [5.41, 5.74) is 0.636. The summed E-state index contributed by atoms with van der Waals surface area (Å²) < 4.78 is 10.6. The summed E-state index contributed by atoms with van der Waals surface area (Å²) in [4.78, 5) is 10.8. The molecule has 1 aliphatic carbocycles. The lowest BCUT2D eigenvalue weighted by Gasteiger charge is -2.33. The maximum absolute atomic E-state index is 10.8. The molecule has 5 atom stereocenters. The van der Waals surface area contributed by atoms with Gasteiger partial charge in [-0.15, -0.1) is 0 Å². The van der Waals surface area contributed by atoms with Crippen molar-refractivity contribution in [2.24, 2.45) is 17.8 Å². The summed E-state index contributed by atoms with van der Waals surface area (Å²) in [7, 11) is 1.58. The second-order valence-corrected chi connectivity index (χ2v) is 4.32. The van der Waals surface area contributed by atoms with E-state index in [2.05, 4.69) is 0 Å². The van der Waals surface area contributed by atoms with Crippen molar-refractivity contribution in [1.82, 2.24) is 0 Å². The summed E-state index contributed by atoms with van der Waals surface area (Å²) in [5.74, 6) is 0.255. The van der Waals surface area contributed by atoms with Crippen molar-refractivity contribution < 1.29 is 19.4 Å². The number of allylic oxidation sites excluding steroid dienone is 1. The zero-order chi connectivity index (χ0) is 11.0. The average Bonchev–Trinajstić information content (AvgIpc) is 2.55. The Morgan fingerprint density at radius 1 is 1.67 bits per heavy atom. The van der Waals surface area contributed by atoms with Crippen molar-refractivity contribution in [3.8, 4) is 0 Å². The molecule has 4 nitrogen and oxygen atoms in total. The largest absolute Gasteiger partial charge is 0.472 e. The molecule has 0 aromatic heterocycles. The van der Waals surface area contributed by atoms with E-state index in [-0.39, 0.29) is 30.1 Å². The molecule has 2 aliphatic rings. The molecule has 0 bridgehead atoms. The fourth-order valence-corrected chi connectivity index (χ4v) is 2.70. The third-order valence-corrected chi connectivity index (χ3v) is 3.62. The summed E-state index contributed by atoms with van der Waals surface area (Å²) >= 11 is 0. The third kappa shape index (κ3) is 1.58. The lowest BCUT2D eigenvalue weighted by Crippen LogP contribution is -2.36. The predicted octanol–water partition coefficient (Wildman–Crippen LogP) is 0.705. The number of hydrogen-bond acceptors (Lipinski definition) is 4. The zero-order valence-electron chi connectivity index (χ0n) is 8.92. The predicted molar refractivity (Wildman–Crippen MR) is 52.8 cm³/mol. The fraction of sp³-hybridized carbons (Fsp3) is 0.727. The molecule has 0 amide bonds. The number of carbonyl (C=O) groups is 1. The summed E-state index contributed by atoms with van der Waals surface area (Å²) in [6.07, 6.45) is 2.19. The van der Waals surface area contributed by atoms with Crippen LogP contribution in [0, 0.1) is 17.8 Å². The number of methoxy groups -OCH3 is 1. The molecule has 4 heteroatoms. The minimum Gasteiger partial charge on any atom is -0.472 e.